The van der Waals surface area contributed by atoms with Crippen molar-refractivity contribution in [2.24, 2.45) is 5.73 Å². The van der Waals surface area contributed by atoms with E-state index in [4.69, 9.17) is 5.73 Å². The average molecular weight is 227 g/mol. The Morgan fingerprint density at radius 3 is 2.88 bits per heavy atom. The predicted octanol–water partition coefficient (Wildman–Crippen LogP) is -1.36. The van der Waals surface area contributed by atoms with Gasteiger partial charge in [0.05, 0.1) is 18.6 Å². The zero-order valence-electron chi connectivity index (χ0n) is 9.31. The van der Waals surface area contributed by atoms with E-state index in [1.54, 1.807) is 6.92 Å². The van der Waals surface area contributed by atoms with Crippen molar-refractivity contribution in [3.8, 4) is 0 Å². The molecule has 0 aromatic rings. The van der Waals surface area contributed by atoms with Crippen LogP contribution < -0.4 is 11.1 Å². The van der Waals surface area contributed by atoms with Crippen LogP contribution >= 0.6 is 0 Å². The minimum atomic E-state index is -0.631. The third-order valence-electron chi connectivity index (χ3n) is 2.60. The lowest BCUT2D eigenvalue weighted by Crippen LogP contribution is -2.46. The molecule has 2 amide bonds. The molecule has 16 heavy (non-hydrogen) atoms. The Kier molecular flexibility index (Phi) is 4.42. The number of amides is 2. The number of carbonyl (C=O) groups is 3. The standard InChI is InChI=1S/C10H17N3O3/c1-7(11)10(16)12-5-9(15)13-4-2-3-8(13)6-14/h6-8H,2-5,11H2,1H3,(H,12,16)/t7-,8-/m0/s1. The fourth-order valence-corrected chi connectivity index (χ4v) is 1.67. The van der Waals surface area contributed by atoms with Gasteiger partial charge >= 0.3 is 0 Å². The van der Waals surface area contributed by atoms with Gasteiger partial charge in [0.15, 0.2) is 0 Å². The summed E-state index contributed by atoms with van der Waals surface area (Å²) in [5.41, 5.74) is 5.34. The molecule has 1 fully saturated rings. The number of nitrogens with one attached hydrogen (secondary N) is 1. The average Bonchev–Trinajstić information content (AvgIpc) is 2.73. The summed E-state index contributed by atoms with van der Waals surface area (Å²) in [6, 6.07) is -0.965. The molecule has 2 atom stereocenters. The molecular weight excluding hydrogens is 210 g/mol. The molecule has 0 aliphatic carbocycles. The Balaban J connectivity index is 2.40. The first kappa shape index (κ1) is 12.6. The normalized spacial score (nSPS) is 21.6. The lowest BCUT2D eigenvalue weighted by Gasteiger charge is -2.20. The first-order chi connectivity index (χ1) is 7.56. The van der Waals surface area contributed by atoms with Gasteiger partial charge in [-0.25, -0.2) is 0 Å². The highest BCUT2D eigenvalue weighted by atomic mass is 16.2. The van der Waals surface area contributed by atoms with Crippen molar-refractivity contribution in [2.75, 3.05) is 13.1 Å². The van der Waals surface area contributed by atoms with Gasteiger partial charge in [0.1, 0.15) is 6.29 Å². The number of nitrogens with zero attached hydrogens (tertiary/aromatic N) is 1. The van der Waals surface area contributed by atoms with Crippen LogP contribution in [0.1, 0.15) is 19.8 Å². The van der Waals surface area contributed by atoms with E-state index in [9.17, 15) is 14.4 Å². The summed E-state index contributed by atoms with van der Waals surface area (Å²) in [6.45, 7) is 2.03. The molecular formula is C10H17N3O3. The third kappa shape index (κ3) is 3.03. The van der Waals surface area contributed by atoms with Crippen molar-refractivity contribution < 1.29 is 14.4 Å². The summed E-state index contributed by atoms with van der Waals surface area (Å²) in [5.74, 6) is -0.598. The molecule has 1 aliphatic heterocycles. The van der Waals surface area contributed by atoms with Crippen molar-refractivity contribution >= 4 is 18.1 Å². The number of likely N-dealkylation sites (tertiary alicyclic amines) is 1. The van der Waals surface area contributed by atoms with Gasteiger partial charge in [0, 0.05) is 6.54 Å². The lowest BCUT2D eigenvalue weighted by atomic mass is 10.2. The third-order valence-corrected chi connectivity index (χ3v) is 2.60. The number of aldehydes is 1. The Bertz CT molecular complexity index is 291. The summed E-state index contributed by atoms with van der Waals surface area (Å²) in [4.78, 5) is 35.0. The van der Waals surface area contributed by atoms with Crippen LogP contribution in [0.15, 0.2) is 0 Å². The maximum atomic E-state index is 11.7. The summed E-state index contributed by atoms with van der Waals surface area (Å²) >= 11 is 0. The molecule has 1 heterocycles. The zero-order chi connectivity index (χ0) is 12.1. The molecule has 90 valence electrons. The maximum Gasteiger partial charge on any atom is 0.242 e. The van der Waals surface area contributed by atoms with Gasteiger partial charge in [-0.2, -0.15) is 0 Å². The highest BCUT2D eigenvalue weighted by Crippen LogP contribution is 2.14. The highest BCUT2D eigenvalue weighted by Gasteiger charge is 2.28. The molecule has 0 spiro atoms. The summed E-state index contributed by atoms with van der Waals surface area (Å²) in [5, 5.41) is 2.43. The molecule has 6 nitrogen and oxygen atoms in total. The van der Waals surface area contributed by atoms with Crippen LogP contribution in [0.25, 0.3) is 0 Å². The van der Waals surface area contributed by atoms with Crippen molar-refractivity contribution in [1.29, 1.82) is 0 Å². The monoisotopic (exact) mass is 227 g/mol. The minimum Gasteiger partial charge on any atom is -0.346 e. The van der Waals surface area contributed by atoms with Gasteiger partial charge in [-0.15, -0.1) is 0 Å². The number of carbonyl (C=O) groups excluding carboxylic acids is 3. The Morgan fingerprint density at radius 2 is 2.31 bits per heavy atom. The quantitative estimate of drug-likeness (QED) is 0.580. The first-order valence-electron chi connectivity index (χ1n) is 5.34. The van der Waals surface area contributed by atoms with Crippen molar-refractivity contribution in [1.82, 2.24) is 10.2 Å². The molecule has 0 unspecified atom stereocenters. The van der Waals surface area contributed by atoms with Crippen LogP contribution in [0.3, 0.4) is 0 Å². The van der Waals surface area contributed by atoms with E-state index in [0.29, 0.717) is 13.0 Å². The van der Waals surface area contributed by atoms with E-state index in [2.05, 4.69) is 5.32 Å². The van der Waals surface area contributed by atoms with Gasteiger partial charge in [-0.1, -0.05) is 0 Å². The molecule has 0 aromatic heterocycles. The van der Waals surface area contributed by atoms with Crippen LogP contribution in [0.5, 0.6) is 0 Å². The molecule has 0 bridgehead atoms. The van der Waals surface area contributed by atoms with Crippen molar-refractivity contribution in [2.45, 2.75) is 31.8 Å². The molecule has 1 aliphatic rings. The number of hydrogen-bond donors (Lipinski definition) is 2. The summed E-state index contributed by atoms with van der Waals surface area (Å²) < 4.78 is 0. The number of nitrogens with two attached hydrogens (primary N) is 1. The fraction of sp³-hybridized carbons (Fsp3) is 0.700. The predicted molar refractivity (Wildman–Crippen MR) is 57.5 cm³/mol. The van der Waals surface area contributed by atoms with Gasteiger partial charge < -0.3 is 20.7 Å². The van der Waals surface area contributed by atoms with E-state index in [0.717, 1.165) is 12.7 Å². The van der Waals surface area contributed by atoms with Gasteiger partial charge in [0.2, 0.25) is 11.8 Å². The molecule has 1 saturated heterocycles. The van der Waals surface area contributed by atoms with Crippen LogP contribution in [0.4, 0.5) is 0 Å². The van der Waals surface area contributed by atoms with E-state index in [-0.39, 0.29) is 24.4 Å². The summed E-state index contributed by atoms with van der Waals surface area (Å²) in [6.07, 6.45) is 2.31. The van der Waals surface area contributed by atoms with E-state index < -0.39 is 6.04 Å². The Morgan fingerprint density at radius 1 is 1.62 bits per heavy atom. The van der Waals surface area contributed by atoms with Crippen LogP contribution in [0.2, 0.25) is 0 Å². The highest BCUT2D eigenvalue weighted by molar-refractivity contribution is 5.88. The van der Waals surface area contributed by atoms with E-state index in [1.807, 2.05) is 0 Å². The zero-order valence-corrected chi connectivity index (χ0v) is 9.31. The van der Waals surface area contributed by atoms with Crippen molar-refractivity contribution in [3.05, 3.63) is 0 Å². The molecule has 3 N–H and O–H groups in total. The Hall–Kier alpha value is -1.43. The molecule has 0 saturated carbocycles. The van der Waals surface area contributed by atoms with Crippen molar-refractivity contribution in [3.63, 3.8) is 0 Å². The molecule has 0 radical (unpaired) electrons. The lowest BCUT2D eigenvalue weighted by molar-refractivity contribution is -0.135. The molecule has 1 rings (SSSR count). The van der Waals surface area contributed by atoms with Gasteiger partial charge in [-0.3, -0.25) is 9.59 Å². The smallest absolute Gasteiger partial charge is 0.242 e. The summed E-state index contributed by atoms with van der Waals surface area (Å²) in [7, 11) is 0. The Labute approximate surface area is 94.2 Å². The maximum absolute atomic E-state index is 11.7. The number of hydrogen-bond acceptors (Lipinski definition) is 4. The van der Waals surface area contributed by atoms with Crippen LogP contribution in [0, 0.1) is 0 Å². The van der Waals surface area contributed by atoms with Gasteiger partial charge in [0.25, 0.3) is 0 Å². The number of rotatable bonds is 4. The SMILES string of the molecule is C[C@H](N)C(=O)NCC(=O)N1CCC[C@H]1C=O. The fourth-order valence-electron chi connectivity index (χ4n) is 1.67. The second-order valence-corrected chi connectivity index (χ2v) is 3.94. The minimum absolute atomic E-state index is 0.0925. The molecule has 6 heteroatoms. The van der Waals surface area contributed by atoms with Crippen LogP contribution in [-0.4, -0.2) is 48.2 Å². The second kappa shape index (κ2) is 5.60. The van der Waals surface area contributed by atoms with E-state index >= 15 is 0 Å². The van der Waals surface area contributed by atoms with Crippen LogP contribution in [-0.2, 0) is 14.4 Å². The molecule has 0 aromatic carbocycles. The topological polar surface area (TPSA) is 92.5 Å². The largest absolute Gasteiger partial charge is 0.346 e. The second-order valence-electron chi connectivity index (χ2n) is 3.94. The van der Waals surface area contributed by atoms with E-state index in [1.165, 1.54) is 4.90 Å². The first-order valence-corrected chi connectivity index (χ1v) is 5.34. The van der Waals surface area contributed by atoms with Gasteiger partial charge in [-0.05, 0) is 19.8 Å².